The van der Waals surface area contributed by atoms with Crippen LogP contribution in [0.5, 0.6) is 0 Å². The molecule has 0 saturated carbocycles. The summed E-state index contributed by atoms with van der Waals surface area (Å²) in [5.74, 6) is -0.398. The first-order valence-corrected chi connectivity index (χ1v) is 5.58. The lowest BCUT2D eigenvalue weighted by Crippen LogP contribution is -2.29. The van der Waals surface area contributed by atoms with Gasteiger partial charge in [0.15, 0.2) is 0 Å². The average molecular weight is 227 g/mol. The van der Waals surface area contributed by atoms with Gasteiger partial charge in [0.25, 0.3) is 0 Å². The van der Waals surface area contributed by atoms with Gasteiger partial charge in [0.2, 0.25) is 5.91 Å². The van der Waals surface area contributed by atoms with Crippen LogP contribution < -0.4 is 16.0 Å². The van der Waals surface area contributed by atoms with E-state index < -0.39 is 5.91 Å². The van der Waals surface area contributed by atoms with Crippen molar-refractivity contribution < 1.29 is 4.79 Å². The smallest absolute Gasteiger partial charge is 0.248 e. The standard InChI is InChI=1S/C13H13N3O/c14-13(17)9-4-5-12-11(7-9)15-8-10-3-1-2-6-16(10)12/h2-7,15H,1,8H2,(H2,14,17). The van der Waals surface area contributed by atoms with E-state index >= 15 is 0 Å². The van der Waals surface area contributed by atoms with Crippen molar-refractivity contribution in [3.05, 3.63) is 47.8 Å². The Bertz CT molecular complexity index is 546. The molecular weight excluding hydrogens is 214 g/mol. The summed E-state index contributed by atoms with van der Waals surface area (Å²) in [6.07, 6.45) is 7.35. The highest BCUT2D eigenvalue weighted by Crippen LogP contribution is 2.35. The van der Waals surface area contributed by atoms with E-state index in [1.807, 2.05) is 6.07 Å². The number of nitrogens with two attached hydrogens (primary N) is 1. The Morgan fingerprint density at radius 1 is 1.41 bits per heavy atom. The number of carbonyl (C=O) groups is 1. The van der Waals surface area contributed by atoms with Gasteiger partial charge in [-0.05, 0) is 24.6 Å². The van der Waals surface area contributed by atoms with E-state index in [4.69, 9.17) is 5.73 Å². The van der Waals surface area contributed by atoms with E-state index in [9.17, 15) is 4.79 Å². The molecular formula is C13H13N3O. The third kappa shape index (κ3) is 1.58. The van der Waals surface area contributed by atoms with E-state index in [2.05, 4.69) is 28.6 Å². The summed E-state index contributed by atoms with van der Waals surface area (Å²) in [5.41, 5.74) is 9.06. The number of allylic oxidation sites excluding steroid dienone is 2. The maximum Gasteiger partial charge on any atom is 0.248 e. The topological polar surface area (TPSA) is 58.4 Å². The van der Waals surface area contributed by atoms with Crippen molar-refractivity contribution in [3.63, 3.8) is 0 Å². The van der Waals surface area contributed by atoms with Crippen LogP contribution in [0.2, 0.25) is 0 Å². The van der Waals surface area contributed by atoms with Crippen molar-refractivity contribution in [2.24, 2.45) is 5.73 Å². The molecule has 17 heavy (non-hydrogen) atoms. The van der Waals surface area contributed by atoms with Gasteiger partial charge in [-0.15, -0.1) is 0 Å². The summed E-state index contributed by atoms with van der Waals surface area (Å²) >= 11 is 0. The van der Waals surface area contributed by atoms with Gasteiger partial charge < -0.3 is 16.0 Å². The van der Waals surface area contributed by atoms with Gasteiger partial charge in [-0.1, -0.05) is 12.2 Å². The molecule has 2 heterocycles. The van der Waals surface area contributed by atoms with Gasteiger partial charge >= 0.3 is 0 Å². The second-order valence-corrected chi connectivity index (χ2v) is 4.14. The van der Waals surface area contributed by atoms with Gasteiger partial charge in [0, 0.05) is 17.5 Å². The summed E-state index contributed by atoms with van der Waals surface area (Å²) in [6.45, 7) is 0.777. The van der Waals surface area contributed by atoms with Crippen molar-refractivity contribution in [3.8, 4) is 0 Å². The van der Waals surface area contributed by atoms with Gasteiger partial charge in [0.1, 0.15) is 0 Å². The Kier molecular flexibility index (Phi) is 2.14. The Hall–Kier alpha value is -2.23. The molecule has 0 bridgehead atoms. The maximum atomic E-state index is 11.1. The second kappa shape index (κ2) is 3.66. The predicted octanol–water partition coefficient (Wildman–Crippen LogP) is 1.82. The summed E-state index contributed by atoms with van der Waals surface area (Å²) in [6, 6.07) is 5.48. The minimum absolute atomic E-state index is 0.398. The molecule has 1 aromatic carbocycles. The molecule has 3 N–H and O–H groups in total. The zero-order valence-electron chi connectivity index (χ0n) is 9.31. The highest BCUT2D eigenvalue weighted by atomic mass is 16.1. The average Bonchev–Trinajstić information content (AvgIpc) is 2.38. The number of fused-ring (bicyclic) bond motifs is 3. The van der Waals surface area contributed by atoms with Crippen LogP contribution >= 0.6 is 0 Å². The third-order valence-corrected chi connectivity index (χ3v) is 3.05. The van der Waals surface area contributed by atoms with E-state index in [0.29, 0.717) is 5.56 Å². The number of nitrogens with zero attached hydrogens (tertiary/aromatic N) is 1. The first-order chi connectivity index (χ1) is 8.25. The van der Waals surface area contributed by atoms with Crippen molar-refractivity contribution in [2.75, 3.05) is 16.8 Å². The van der Waals surface area contributed by atoms with Crippen molar-refractivity contribution >= 4 is 17.3 Å². The Balaban J connectivity index is 2.07. The quantitative estimate of drug-likeness (QED) is 0.769. The zero-order valence-corrected chi connectivity index (χ0v) is 9.31. The summed E-state index contributed by atoms with van der Waals surface area (Å²) in [4.78, 5) is 13.3. The minimum Gasteiger partial charge on any atom is -0.378 e. The van der Waals surface area contributed by atoms with Gasteiger partial charge in [-0.3, -0.25) is 4.79 Å². The molecule has 1 aromatic rings. The van der Waals surface area contributed by atoms with Crippen LogP contribution in [0.3, 0.4) is 0 Å². The Morgan fingerprint density at radius 3 is 3.12 bits per heavy atom. The summed E-state index contributed by atoms with van der Waals surface area (Å²) in [7, 11) is 0. The highest BCUT2D eigenvalue weighted by molar-refractivity contribution is 5.95. The number of rotatable bonds is 1. The van der Waals surface area contributed by atoms with Crippen molar-refractivity contribution in [1.82, 2.24) is 0 Å². The number of anilines is 2. The molecule has 3 rings (SSSR count). The molecule has 1 amide bonds. The van der Waals surface area contributed by atoms with Crippen molar-refractivity contribution in [1.29, 1.82) is 0 Å². The number of hydrogen-bond donors (Lipinski definition) is 2. The Labute approximate surface area is 99.4 Å². The monoisotopic (exact) mass is 227 g/mol. The van der Waals surface area contributed by atoms with Crippen LogP contribution in [0.4, 0.5) is 11.4 Å². The number of nitrogens with one attached hydrogen (secondary N) is 1. The number of primary amides is 1. The molecule has 0 atom stereocenters. The molecule has 0 fully saturated rings. The SMILES string of the molecule is NC(=O)c1ccc2c(c1)NCC1=CCC=CN12. The van der Waals surface area contributed by atoms with Crippen LogP contribution in [0.25, 0.3) is 0 Å². The molecule has 2 aliphatic heterocycles. The molecule has 0 saturated heterocycles. The lowest BCUT2D eigenvalue weighted by Gasteiger charge is -2.33. The molecule has 0 unspecified atom stereocenters. The summed E-state index contributed by atoms with van der Waals surface area (Å²) < 4.78 is 0. The van der Waals surface area contributed by atoms with Crippen molar-refractivity contribution in [2.45, 2.75) is 6.42 Å². The highest BCUT2D eigenvalue weighted by Gasteiger charge is 2.21. The van der Waals surface area contributed by atoms with Crippen LogP contribution in [0.15, 0.2) is 42.2 Å². The van der Waals surface area contributed by atoms with Crippen LogP contribution in [-0.2, 0) is 0 Å². The van der Waals surface area contributed by atoms with Gasteiger partial charge in [0.05, 0.1) is 17.9 Å². The molecule has 4 nitrogen and oxygen atoms in total. The van der Waals surface area contributed by atoms with E-state index in [1.54, 1.807) is 12.1 Å². The molecule has 0 radical (unpaired) electrons. The number of hydrogen-bond acceptors (Lipinski definition) is 3. The number of amides is 1. The maximum absolute atomic E-state index is 11.1. The van der Waals surface area contributed by atoms with Crippen LogP contribution in [0, 0.1) is 0 Å². The molecule has 0 aliphatic carbocycles. The predicted molar refractivity (Wildman–Crippen MR) is 67.8 cm³/mol. The fraction of sp³-hybridized carbons (Fsp3) is 0.154. The lowest BCUT2D eigenvalue weighted by atomic mass is 10.1. The Morgan fingerprint density at radius 2 is 2.29 bits per heavy atom. The third-order valence-electron chi connectivity index (χ3n) is 3.05. The zero-order chi connectivity index (χ0) is 11.8. The first kappa shape index (κ1) is 9.96. The van der Waals surface area contributed by atoms with E-state index in [1.165, 1.54) is 5.70 Å². The molecule has 2 aliphatic rings. The fourth-order valence-corrected chi connectivity index (χ4v) is 2.18. The van der Waals surface area contributed by atoms with E-state index in [-0.39, 0.29) is 0 Å². The first-order valence-electron chi connectivity index (χ1n) is 5.58. The summed E-state index contributed by atoms with van der Waals surface area (Å²) in [5, 5.41) is 3.31. The molecule has 0 aromatic heterocycles. The minimum atomic E-state index is -0.398. The number of carbonyl (C=O) groups excluding carboxylic acids is 1. The van der Waals surface area contributed by atoms with Crippen LogP contribution in [-0.4, -0.2) is 12.5 Å². The largest absolute Gasteiger partial charge is 0.378 e. The number of benzene rings is 1. The lowest BCUT2D eigenvalue weighted by molar-refractivity contribution is 0.100. The fourth-order valence-electron chi connectivity index (χ4n) is 2.18. The molecule has 0 spiro atoms. The van der Waals surface area contributed by atoms with Crippen LogP contribution in [0.1, 0.15) is 16.8 Å². The molecule has 4 heteroatoms. The normalized spacial score (nSPS) is 16.7. The van der Waals surface area contributed by atoms with E-state index in [0.717, 1.165) is 24.3 Å². The van der Waals surface area contributed by atoms with Gasteiger partial charge in [-0.25, -0.2) is 0 Å². The second-order valence-electron chi connectivity index (χ2n) is 4.14. The molecule has 86 valence electrons. The van der Waals surface area contributed by atoms with Gasteiger partial charge in [-0.2, -0.15) is 0 Å².